The first-order valence-corrected chi connectivity index (χ1v) is 22.5. The minimum Gasteiger partial charge on any atom is -0.756 e. The molecule has 2 N–H and O–H groups in total. The van der Waals surface area contributed by atoms with Crippen LogP contribution in [0.3, 0.4) is 0 Å². The molecule has 0 fully saturated rings. The number of allylic oxidation sites excluding steroid dienone is 1. The van der Waals surface area contributed by atoms with E-state index in [9.17, 15) is 19.4 Å². The van der Waals surface area contributed by atoms with Gasteiger partial charge >= 0.3 is 0 Å². The molecule has 0 spiro atoms. The Morgan fingerprint density at radius 3 is 1.50 bits per heavy atom. The number of phosphoric ester groups is 1. The molecule has 0 saturated heterocycles. The van der Waals surface area contributed by atoms with E-state index in [-0.39, 0.29) is 19.1 Å². The second kappa shape index (κ2) is 34.0. The maximum Gasteiger partial charge on any atom is 0.268 e. The molecule has 0 aliphatic carbocycles. The van der Waals surface area contributed by atoms with Crippen LogP contribution in [-0.2, 0) is 18.4 Å². The summed E-state index contributed by atoms with van der Waals surface area (Å²) in [5, 5.41) is 13.7. The molecule has 0 aromatic rings. The molecule has 0 bridgehead atoms. The number of unbranched alkanes of at least 4 members (excludes halogenated alkanes) is 25. The number of amides is 1. The van der Waals surface area contributed by atoms with Gasteiger partial charge in [0.25, 0.3) is 7.82 Å². The Bertz CT molecular complexity index is 834. The van der Waals surface area contributed by atoms with Gasteiger partial charge in [0.15, 0.2) is 0 Å². The SMILES string of the molecule is CCCCCCCCCCCCCCCCC/C=C/[C@@H](O)[C@H](COP(=O)([O-])OCC[N+](C)(C)C)NC(=O)CCCCCCCCCCCCC. The first-order chi connectivity index (χ1) is 24.0. The Morgan fingerprint density at radius 2 is 1.08 bits per heavy atom. The Kier molecular flexibility index (Phi) is 33.5. The highest BCUT2D eigenvalue weighted by Crippen LogP contribution is 2.38. The van der Waals surface area contributed by atoms with Gasteiger partial charge in [0, 0.05) is 6.42 Å². The first kappa shape index (κ1) is 49.2. The maximum atomic E-state index is 12.8. The van der Waals surface area contributed by atoms with Crippen LogP contribution in [0.2, 0.25) is 0 Å². The van der Waals surface area contributed by atoms with Gasteiger partial charge in [0.1, 0.15) is 13.2 Å². The third-order valence-electron chi connectivity index (χ3n) is 9.50. The molecule has 50 heavy (non-hydrogen) atoms. The van der Waals surface area contributed by atoms with Crippen LogP contribution in [-0.4, -0.2) is 68.5 Å². The van der Waals surface area contributed by atoms with Crippen molar-refractivity contribution in [2.45, 2.75) is 206 Å². The van der Waals surface area contributed by atoms with E-state index in [1.807, 2.05) is 27.2 Å². The standard InChI is InChI=1S/C41H83N2O6P/c1-6-8-10-12-14-16-18-19-20-21-22-23-25-26-28-30-32-34-40(44)39(38-49-50(46,47)48-37-36-43(3,4)5)42-41(45)35-33-31-29-27-24-17-15-13-11-9-7-2/h32,34,39-40,44H,6-31,33,35-38H2,1-5H3,(H-,42,45,46,47)/b34-32+/t39-,40+/m0/s1. The van der Waals surface area contributed by atoms with Crippen molar-refractivity contribution in [2.24, 2.45) is 0 Å². The van der Waals surface area contributed by atoms with Gasteiger partial charge in [-0.3, -0.25) is 9.36 Å². The Hall–Kier alpha value is -0.760. The molecule has 0 aromatic heterocycles. The number of carbonyl (C=O) groups excluding carboxylic acids is 1. The molecule has 0 aromatic carbocycles. The maximum absolute atomic E-state index is 12.8. The monoisotopic (exact) mass is 731 g/mol. The molecule has 0 aliphatic heterocycles. The summed E-state index contributed by atoms with van der Waals surface area (Å²) in [5.41, 5.74) is 0. The number of carbonyl (C=O) groups is 1. The highest BCUT2D eigenvalue weighted by atomic mass is 31.2. The van der Waals surface area contributed by atoms with Crippen LogP contribution in [0.4, 0.5) is 0 Å². The lowest BCUT2D eigenvalue weighted by Crippen LogP contribution is -2.45. The molecule has 0 saturated carbocycles. The van der Waals surface area contributed by atoms with E-state index in [0.29, 0.717) is 17.4 Å². The lowest BCUT2D eigenvalue weighted by atomic mass is 10.0. The van der Waals surface area contributed by atoms with Crippen LogP contribution in [0.25, 0.3) is 0 Å². The predicted octanol–water partition coefficient (Wildman–Crippen LogP) is 10.6. The van der Waals surface area contributed by atoms with Gasteiger partial charge in [-0.25, -0.2) is 0 Å². The van der Waals surface area contributed by atoms with E-state index in [0.717, 1.165) is 38.5 Å². The molecular formula is C41H83N2O6P. The second-order valence-corrected chi connectivity index (χ2v) is 17.1. The van der Waals surface area contributed by atoms with Crippen molar-refractivity contribution in [1.29, 1.82) is 0 Å². The minimum atomic E-state index is -4.58. The highest BCUT2D eigenvalue weighted by Gasteiger charge is 2.23. The second-order valence-electron chi connectivity index (χ2n) is 15.7. The number of aliphatic hydroxyl groups excluding tert-OH is 1. The predicted molar refractivity (Wildman–Crippen MR) is 210 cm³/mol. The molecular weight excluding hydrogens is 647 g/mol. The van der Waals surface area contributed by atoms with Crippen LogP contribution in [0.15, 0.2) is 12.2 Å². The molecule has 0 aliphatic rings. The molecule has 298 valence electrons. The zero-order valence-electron chi connectivity index (χ0n) is 33.6. The number of phosphoric acid groups is 1. The van der Waals surface area contributed by atoms with E-state index in [2.05, 4.69) is 19.2 Å². The zero-order valence-corrected chi connectivity index (χ0v) is 34.5. The van der Waals surface area contributed by atoms with Crippen LogP contribution in [0.1, 0.15) is 194 Å². The largest absolute Gasteiger partial charge is 0.756 e. The van der Waals surface area contributed by atoms with Gasteiger partial charge in [-0.05, 0) is 19.3 Å². The highest BCUT2D eigenvalue weighted by molar-refractivity contribution is 7.45. The van der Waals surface area contributed by atoms with Crippen molar-refractivity contribution >= 4 is 13.7 Å². The van der Waals surface area contributed by atoms with E-state index < -0.39 is 20.0 Å². The van der Waals surface area contributed by atoms with Crippen molar-refractivity contribution in [3.63, 3.8) is 0 Å². The number of quaternary nitrogens is 1. The number of rotatable bonds is 38. The molecule has 3 atom stereocenters. The molecule has 1 unspecified atom stereocenters. The molecule has 0 rings (SSSR count). The summed E-state index contributed by atoms with van der Waals surface area (Å²) in [6.07, 6.45) is 36.8. The average Bonchev–Trinajstić information content (AvgIpc) is 3.06. The minimum absolute atomic E-state index is 0.00186. The topological polar surface area (TPSA) is 108 Å². The Balaban J connectivity index is 4.43. The lowest BCUT2D eigenvalue weighted by molar-refractivity contribution is -0.870. The molecule has 8 nitrogen and oxygen atoms in total. The van der Waals surface area contributed by atoms with E-state index in [4.69, 9.17) is 9.05 Å². The molecule has 0 heterocycles. The van der Waals surface area contributed by atoms with Gasteiger partial charge < -0.3 is 28.8 Å². The van der Waals surface area contributed by atoms with Crippen molar-refractivity contribution < 1.29 is 32.9 Å². The summed E-state index contributed by atoms with van der Waals surface area (Å²) >= 11 is 0. The average molecular weight is 731 g/mol. The third-order valence-corrected chi connectivity index (χ3v) is 10.5. The number of aliphatic hydroxyl groups is 1. The summed E-state index contributed by atoms with van der Waals surface area (Å²) < 4.78 is 23.1. The van der Waals surface area contributed by atoms with Gasteiger partial charge in [-0.1, -0.05) is 180 Å². The van der Waals surface area contributed by atoms with Crippen molar-refractivity contribution in [2.75, 3.05) is 40.9 Å². The summed E-state index contributed by atoms with van der Waals surface area (Å²) in [4.78, 5) is 25.2. The molecule has 9 heteroatoms. The number of hydrogen-bond acceptors (Lipinski definition) is 6. The van der Waals surface area contributed by atoms with Crippen LogP contribution in [0.5, 0.6) is 0 Å². The van der Waals surface area contributed by atoms with Crippen molar-refractivity contribution in [3.05, 3.63) is 12.2 Å². The quantitative estimate of drug-likeness (QED) is 0.0283. The number of nitrogens with zero attached hydrogens (tertiary/aromatic N) is 1. The zero-order chi connectivity index (χ0) is 37.2. The van der Waals surface area contributed by atoms with Gasteiger partial charge in [0.2, 0.25) is 5.91 Å². The summed E-state index contributed by atoms with van der Waals surface area (Å²) in [6.45, 7) is 4.64. The first-order valence-electron chi connectivity index (χ1n) is 21.1. The number of hydrogen-bond donors (Lipinski definition) is 2. The van der Waals surface area contributed by atoms with E-state index in [1.165, 1.54) is 135 Å². The Morgan fingerprint density at radius 1 is 0.680 bits per heavy atom. The third kappa shape index (κ3) is 35.6. The van der Waals surface area contributed by atoms with Crippen LogP contribution >= 0.6 is 7.82 Å². The van der Waals surface area contributed by atoms with Gasteiger partial charge in [-0.15, -0.1) is 0 Å². The fourth-order valence-electron chi connectivity index (χ4n) is 6.09. The summed E-state index contributed by atoms with van der Waals surface area (Å²) in [6, 6.07) is -0.878. The normalized spacial score (nSPS) is 14.6. The van der Waals surface area contributed by atoms with E-state index in [1.54, 1.807) is 6.08 Å². The van der Waals surface area contributed by atoms with Crippen LogP contribution < -0.4 is 10.2 Å². The van der Waals surface area contributed by atoms with Crippen molar-refractivity contribution in [1.82, 2.24) is 5.32 Å². The van der Waals surface area contributed by atoms with Gasteiger partial charge in [-0.2, -0.15) is 0 Å². The van der Waals surface area contributed by atoms with Gasteiger partial charge in [0.05, 0.1) is 39.9 Å². The van der Waals surface area contributed by atoms with Crippen LogP contribution in [0, 0.1) is 0 Å². The lowest BCUT2D eigenvalue weighted by Gasteiger charge is -2.29. The summed E-state index contributed by atoms with van der Waals surface area (Å²) in [7, 11) is 1.27. The fraction of sp³-hybridized carbons (Fsp3) is 0.927. The molecule has 0 radical (unpaired) electrons. The molecule has 1 amide bonds. The Labute approximate surface area is 310 Å². The smallest absolute Gasteiger partial charge is 0.268 e. The van der Waals surface area contributed by atoms with Crippen molar-refractivity contribution in [3.8, 4) is 0 Å². The summed E-state index contributed by atoms with van der Waals surface area (Å²) in [5.74, 6) is -0.198. The number of likely N-dealkylation sites (N-methyl/N-ethyl adjacent to an activating group) is 1. The number of nitrogens with one attached hydrogen (secondary N) is 1. The van der Waals surface area contributed by atoms with E-state index >= 15 is 0 Å². The fourth-order valence-corrected chi connectivity index (χ4v) is 6.82.